The number of ether oxygens (including phenoxy) is 3. The highest BCUT2D eigenvalue weighted by Gasteiger charge is 2.11. The molecule has 2 aromatic carbocycles. The fourth-order valence-corrected chi connectivity index (χ4v) is 2.89. The first-order valence-electron chi connectivity index (χ1n) is 10.6. The van der Waals surface area contributed by atoms with Gasteiger partial charge in [0.1, 0.15) is 5.75 Å². The zero-order valence-corrected chi connectivity index (χ0v) is 18.8. The van der Waals surface area contributed by atoms with E-state index in [0.29, 0.717) is 35.1 Å². The van der Waals surface area contributed by atoms with Gasteiger partial charge in [-0.15, -0.1) is 0 Å². The Hall–Kier alpha value is -3.55. The molecule has 0 unspecified atom stereocenters. The van der Waals surface area contributed by atoms with Gasteiger partial charge >= 0.3 is 0 Å². The molecule has 0 radical (unpaired) electrons. The quantitative estimate of drug-likeness (QED) is 0.277. The predicted octanol–water partition coefficient (Wildman–Crippen LogP) is 4.14. The lowest BCUT2D eigenvalue weighted by Gasteiger charge is -2.13. The van der Waals surface area contributed by atoms with Crippen molar-refractivity contribution in [2.24, 2.45) is 5.10 Å². The number of benzene rings is 2. The van der Waals surface area contributed by atoms with Crippen LogP contribution in [0.1, 0.15) is 44.6 Å². The molecule has 0 aromatic heterocycles. The number of rotatable bonds is 13. The summed E-state index contributed by atoms with van der Waals surface area (Å²) < 4.78 is 16.5. The number of anilines is 1. The summed E-state index contributed by atoms with van der Waals surface area (Å²) in [7, 11) is 3.10. The number of amides is 2. The van der Waals surface area contributed by atoms with Crippen molar-refractivity contribution in [3.8, 4) is 17.2 Å². The normalized spacial score (nSPS) is 10.6. The fourth-order valence-electron chi connectivity index (χ4n) is 2.89. The number of nitrogens with zero attached hydrogens (tertiary/aromatic N) is 1. The van der Waals surface area contributed by atoms with E-state index < -0.39 is 0 Å². The van der Waals surface area contributed by atoms with Crippen LogP contribution >= 0.6 is 0 Å². The molecular weight excluding hydrogens is 410 g/mol. The van der Waals surface area contributed by atoms with E-state index in [-0.39, 0.29) is 24.7 Å². The van der Waals surface area contributed by atoms with Crippen molar-refractivity contribution in [1.29, 1.82) is 0 Å². The van der Waals surface area contributed by atoms with Gasteiger partial charge < -0.3 is 19.5 Å². The van der Waals surface area contributed by atoms with Gasteiger partial charge in [0.2, 0.25) is 11.8 Å². The minimum atomic E-state index is -0.371. The second kappa shape index (κ2) is 13.7. The average molecular weight is 442 g/mol. The lowest BCUT2D eigenvalue weighted by molar-refractivity contribution is -0.124. The molecule has 0 aliphatic carbocycles. The van der Waals surface area contributed by atoms with E-state index in [9.17, 15) is 9.59 Å². The summed E-state index contributed by atoms with van der Waals surface area (Å²) in [6.45, 7) is 2.70. The first kappa shape index (κ1) is 24.7. The highest BCUT2D eigenvalue weighted by molar-refractivity contribution is 5.94. The third-order valence-corrected chi connectivity index (χ3v) is 4.58. The molecule has 0 atom stereocenters. The van der Waals surface area contributed by atoms with E-state index in [1.165, 1.54) is 13.3 Å². The molecule has 0 bridgehead atoms. The minimum absolute atomic E-state index is 0.00317. The molecule has 0 fully saturated rings. The number of hydrogen-bond donors (Lipinski definition) is 2. The Kier molecular flexibility index (Phi) is 10.6. The summed E-state index contributed by atoms with van der Waals surface area (Å²) in [5, 5.41) is 6.73. The summed E-state index contributed by atoms with van der Waals surface area (Å²) in [6, 6.07) is 12.5. The van der Waals surface area contributed by atoms with Crippen molar-refractivity contribution in [3.05, 3.63) is 48.0 Å². The van der Waals surface area contributed by atoms with Gasteiger partial charge in [0.15, 0.2) is 11.5 Å². The summed E-state index contributed by atoms with van der Waals surface area (Å²) in [5.74, 6) is 1.08. The molecule has 2 aromatic rings. The van der Waals surface area contributed by atoms with E-state index in [4.69, 9.17) is 14.2 Å². The van der Waals surface area contributed by atoms with E-state index in [1.807, 2.05) is 24.3 Å². The Bertz CT molecular complexity index is 914. The van der Waals surface area contributed by atoms with E-state index >= 15 is 0 Å². The molecule has 0 aliphatic heterocycles. The Morgan fingerprint density at radius 3 is 2.41 bits per heavy atom. The Morgan fingerprint density at radius 2 is 1.66 bits per heavy atom. The van der Waals surface area contributed by atoms with Crippen molar-refractivity contribution in [2.45, 2.75) is 39.0 Å². The topological polar surface area (TPSA) is 98.2 Å². The smallest absolute Gasteiger partial charge is 0.240 e. The molecule has 32 heavy (non-hydrogen) atoms. The van der Waals surface area contributed by atoms with Gasteiger partial charge in [-0.05, 0) is 30.7 Å². The number of hydrazone groups is 1. The van der Waals surface area contributed by atoms with Crippen molar-refractivity contribution in [1.82, 2.24) is 5.43 Å². The second-order valence-electron chi connectivity index (χ2n) is 6.98. The number of unbranched alkanes of at least 4 members (excludes halogenated alkanes) is 2. The summed E-state index contributed by atoms with van der Waals surface area (Å²) in [6.07, 6.45) is 4.65. The Labute approximate surface area is 188 Å². The van der Waals surface area contributed by atoms with Crippen LogP contribution in [0.25, 0.3) is 0 Å². The molecule has 2 amide bonds. The average Bonchev–Trinajstić information content (AvgIpc) is 2.81. The summed E-state index contributed by atoms with van der Waals surface area (Å²) in [4.78, 5) is 24.2. The molecule has 8 heteroatoms. The van der Waals surface area contributed by atoms with Crippen LogP contribution in [0.4, 0.5) is 5.69 Å². The molecular formula is C24H31N3O5. The molecule has 2 N–H and O–H groups in total. The summed E-state index contributed by atoms with van der Waals surface area (Å²) >= 11 is 0. The number of methoxy groups -OCH3 is 2. The fraction of sp³-hybridized carbons (Fsp3) is 0.375. The van der Waals surface area contributed by atoms with E-state index in [0.717, 1.165) is 19.3 Å². The predicted molar refractivity (Wildman–Crippen MR) is 125 cm³/mol. The number of para-hydroxylation sites is 3. The van der Waals surface area contributed by atoms with Crippen molar-refractivity contribution >= 4 is 23.7 Å². The lowest BCUT2D eigenvalue weighted by atomic mass is 10.2. The lowest BCUT2D eigenvalue weighted by Crippen LogP contribution is -2.20. The number of nitrogens with one attached hydrogen (secondary N) is 2. The molecule has 2 rings (SSSR count). The monoisotopic (exact) mass is 441 g/mol. The first-order valence-corrected chi connectivity index (χ1v) is 10.6. The zero-order chi connectivity index (χ0) is 23.2. The molecule has 0 heterocycles. The van der Waals surface area contributed by atoms with Gasteiger partial charge in [-0.3, -0.25) is 9.59 Å². The van der Waals surface area contributed by atoms with Crippen LogP contribution in [0.2, 0.25) is 0 Å². The van der Waals surface area contributed by atoms with Crippen LogP contribution in [0.15, 0.2) is 47.6 Å². The van der Waals surface area contributed by atoms with Gasteiger partial charge in [0.25, 0.3) is 0 Å². The molecule has 0 aliphatic rings. The standard InChI is InChI=1S/C24H31N3O5/c1-4-5-8-16-32-24-18(10-9-13-21(24)31-3)17-25-27-23(29)15-14-22(28)26-19-11-6-7-12-20(19)30-2/h6-7,9-13,17H,4-5,8,14-16H2,1-3H3,(H,26,28)(H,27,29). The Morgan fingerprint density at radius 1 is 0.938 bits per heavy atom. The third kappa shape index (κ3) is 7.94. The highest BCUT2D eigenvalue weighted by Crippen LogP contribution is 2.30. The molecule has 0 saturated heterocycles. The maximum atomic E-state index is 12.1. The van der Waals surface area contributed by atoms with Crippen LogP contribution in [0, 0.1) is 0 Å². The number of hydrogen-bond acceptors (Lipinski definition) is 6. The molecule has 172 valence electrons. The van der Waals surface area contributed by atoms with Crippen LogP contribution in [-0.4, -0.2) is 38.9 Å². The van der Waals surface area contributed by atoms with Crippen LogP contribution in [-0.2, 0) is 9.59 Å². The van der Waals surface area contributed by atoms with E-state index in [1.54, 1.807) is 25.3 Å². The van der Waals surface area contributed by atoms with Gasteiger partial charge in [-0.25, -0.2) is 5.43 Å². The number of carbonyl (C=O) groups excluding carboxylic acids is 2. The van der Waals surface area contributed by atoms with Crippen LogP contribution in [0.3, 0.4) is 0 Å². The molecule has 0 saturated carbocycles. The number of carbonyl (C=O) groups is 2. The Balaban J connectivity index is 1.87. The first-order chi connectivity index (χ1) is 15.6. The maximum Gasteiger partial charge on any atom is 0.240 e. The van der Waals surface area contributed by atoms with Crippen LogP contribution in [0.5, 0.6) is 17.2 Å². The second-order valence-corrected chi connectivity index (χ2v) is 6.98. The zero-order valence-electron chi connectivity index (χ0n) is 18.8. The third-order valence-electron chi connectivity index (χ3n) is 4.58. The van der Waals surface area contributed by atoms with Crippen molar-refractivity contribution in [3.63, 3.8) is 0 Å². The van der Waals surface area contributed by atoms with E-state index in [2.05, 4.69) is 22.8 Å². The molecule has 0 spiro atoms. The largest absolute Gasteiger partial charge is 0.495 e. The minimum Gasteiger partial charge on any atom is -0.495 e. The van der Waals surface area contributed by atoms with Gasteiger partial charge in [-0.1, -0.05) is 38.0 Å². The molecule has 8 nitrogen and oxygen atoms in total. The van der Waals surface area contributed by atoms with Gasteiger partial charge in [0.05, 0.1) is 32.7 Å². The maximum absolute atomic E-state index is 12.1. The van der Waals surface area contributed by atoms with Gasteiger partial charge in [-0.2, -0.15) is 5.10 Å². The van der Waals surface area contributed by atoms with Gasteiger partial charge in [0, 0.05) is 18.4 Å². The van der Waals surface area contributed by atoms with Crippen molar-refractivity contribution in [2.75, 3.05) is 26.1 Å². The van der Waals surface area contributed by atoms with Crippen LogP contribution < -0.4 is 25.0 Å². The van der Waals surface area contributed by atoms with Crippen molar-refractivity contribution < 1.29 is 23.8 Å². The highest BCUT2D eigenvalue weighted by atomic mass is 16.5. The SMILES string of the molecule is CCCCCOc1c(C=NNC(=O)CCC(=O)Nc2ccccc2OC)cccc1OC. The summed E-state index contributed by atoms with van der Waals surface area (Å²) in [5.41, 5.74) is 3.69.